The zero-order chi connectivity index (χ0) is 14.5. The Labute approximate surface area is 129 Å². The molecule has 0 radical (unpaired) electrons. The summed E-state index contributed by atoms with van der Waals surface area (Å²) in [6.07, 6.45) is 12.0. The number of hydrogen-bond donors (Lipinski definition) is 1. The molecule has 3 rings (SSSR count). The second kappa shape index (κ2) is 6.97. The minimum absolute atomic E-state index is 0.699. The summed E-state index contributed by atoms with van der Waals surface area (Å²) in [6, 6.07) is 2.12. The summed E-state index contributed by atoms with van der Waals surface area (Å²) in [4.78, 5) is 2.59. The first-order valence-corrected chi connectivity index (χ1v) is 8.80. The summed E-state index contributed by atoms with van der Waals surface area (Å²) in [5.41, 5.74) is 2.03. The van der Waals surface area contributed by atoms with E-state index in [0.29, 0.717) is 5.41 Å². The fourth-order valence-corrected chi connectivity index (χ4v) is 4.11. The Morgan fingerprint density at radius 1 is 1.14 bits per heavy atom. The molecule has 0 aromatic carbocycles. The molecule has 1 aliphatic carbocycles. The van der Waals surface area contributed by atoms with Crippen molar-refractivity contribution in [1.82, 2.24) is 10.2 Å². The van der Waals surface area contributed by atoms with Crippen molar-refractivity contribution in [3.63, 3.8) is 0 Å². The lowest BCUT2D eigenvalue weighted by molar-refractivity contribution is 0.0606. The molecule has 1 saturated heterocycles. The van der Waals surface area contributed by atoms with Gasteiger partial charge >= 0.3 is 0 Å². The van der Waals surface area contributed by atoms with Crippen LogP contribution in [0, 0.1) is 5.41 Å². The zero-order valence-electron chi connectivity index (χ0n) is 13.5. The quantitative estimate of drug-likeness (QED) is 0.890. The van der Waals surface area contributed by atoms with E-state index >= 15 is 0 Å². The number of likely N-dealkylation sites (tertiary alicyclic amines) is 1. The molecule has 118 valence electrons. The fourth-order valence-electron chi connectivity index (χ4n) is 4.11. The predicted octanol–water partition coefficient (Wildman–Crippen LogP) is 3.94. The summed E-state index contributed by atoms with van der Waals surface area (Å²) in [5, 5.41) is 3.40. The number of rotatable bonds is 5. The highest BCUT2D eigenvalue weighted by Gasteiger charge is 2.35. The van der Waals surface area contributed by atoms with Crippen molar-refractivity contribution in [2.45, 2.75) is 65.0 Å². The Morgan fingerprint density at radius 3 is 2.62 bits per heavy atom. The molecular weight excluding hydrogens is 260 g/mol. The van der Waals surface area contributed by atoms with E-state index in [-0.39, 0.29) is 0 Å². The van der Waals surface area contributed by atoms with Crippen molar-refractivity contribution in [3.8, 4) is 0 Å². The third kappa shape index (κ3) is 3.70. The molecule has 1 saturated carbocycles. The lowest BCUT2D eigenvalue weighted by atomic mass is 9.68. The Balaban J connectivity index is 1.52. The van der Waals surface area contributed by atoms with Gasteiger partial charge in [-0.3, -0.25) is 4.90 Å². The first kappa shape index (κ1) is 15.1. The Kier molecular flexibility index (Phi) is 5.02. The third-order valence-corrected chi connectivity index (χ3v) is 5.60. The standard InChI is InChI=1S/C18H30N2O/c1-2-19-14-16-6-13-21-17(16)15-20-11-9-18(10-12-20)7-4-3-5-8-18/h6,13,19H,2-5,7-12,14-15H2,1H3. The summed E-state index contributed by atoms with van der Waals surface area (Å²) in [5.74, 6) is 1.16. The highest BCUT2D eigenvalue weighted by molar-refractivity contribution is 5.17. The minimum atomic E-state index is 0.699. The molecule has 1 aliphatic heterocycles. The van der Waals surface area contributed by atoms with Gasteiger partial charge in [-0.25, -0.2) is 0 Å². The highest BCUT2D eigenvalue weighted by Crippen LogP contribution is 2.44. The van der Waals surface area contributed by atoms with Crippen LogP contribution in [0.5, 0.6) is 0 Å². The van der Waals surface area contributed by atoms with Crippen LogP contribution in [0.3, 0.4) is 0 Å². The lowest BCUT2D eigenvalue weighted by Crippen LogP contribution is -2.40. The van der Waals surface area contributed by atoms with E-state index in [1.165, 1.54) is 63.6 Å². The first-order valence-electron chi connectivity index (χ1n) is 8.80. The first-order chi connectivity index (χ1) is 10.3. The molecule has 1 N–H and O–H groups in total. The molecule has 0 bridgehead atoms. The van der Waals surface area contributed by atoms with Gasteiger partial charge in [-0.1, -0.05) is 26.2 Å². The van der Waals surface area contributed by atoms with Gasteiger partial charge < -0.3 is 9.73 Å². The maximum absolute atomic E-state index is 5.72. The topological polar surface area (TPSA) is 28.4 Å². The molecule has 2 heterocycles. The van der Waals surface area contributed by atoms with Gasteiger partial charge in [-0.15, -0.1) is 0 Å². The maximum Gasteiger partial charge on any atom is 0.122 e. The monoisotopic (exact) mass is 290 g/mol. The lowest BCUT2D eigenvalue weighted by Gasteiger charge is -2.44. The van der Waals surface area contributed by atoms with Crippen LogP contribution in [0.2, 0.25) is 0 Å². The van der Waals surface area contributed by atoms with Crippen LogP contribution in [0.1, 0.15) is 63.2 Å². The second-order valence-corrected chi connectivity index (χ2v) is 6.99. The number of nitrogens with one attached hydrogen (secondary N) is 1. The SMILES string of the molecule is CCNCc1ccoc1CN1CCC2(CCCCC2)CC1. The predicted molar refractivity (Wildman–Crippen MR) is 86.1 cm³/mol. The van der Waals surface area contributed by atoms with Crippen LogP contribution >= 0.6 is 0 Å². The Hall–Kier alpha value is -0.800. The average Bonchev–Trinajstić information content (AvgIpc) is 2.96. The number of hydrogen-bond acceptors (Lipinski definition) is 3. The van der Waals surface area contributed by atoms with Crippen molar-refractivity contribution in [1.29, 1.82) is 0 Å². The van der Waals surface area contributed by atoms with Crippen molar-refractivity contribution < 1.29 is 4.42 Å². The van der Waals surface area contributed by atoms with E-state index in [1.54, 1.807) is 0 Å². The molecular formula is C18H30N2O. The molecule has 2 aliphatic rings. The van der Waals surface area contributed by atoms with Gasteiger partial charge in [0.15, 0.2) is 0 Å². The largest absolute Gasteiger partial charge is 0.468 e. The molecule has 0 amide bonds. The van der Waals surface area contributed by atoms with Crippen LogP contribution in [-0.4, -0.2) is 24.5 Å². The fraction of sp³-hybridized carbons (Fsp3) is 0.778. The Morgan fingerprint density at radius 2 is 1.90 bits per heavy atom. The zero-order valence-corrected chi connectivity index (χ0v) is 13.5. The van der Waals surface area contributed by atoms with Crippen molar-refractivity contribution in [2.24, 2.45) is 5.41 Å². The second-order valence-electron chi connectivity index (χ2n) is 6.99. The van der Waals surface area contributed by atoms with Gasteiger partial charge in [0.05, 0.1) is 12.8 Å². The van der Waals surface area contributed by atoms with E-state index < -0.39 is 0 Å². The van der Waals surface area contributed by atoms with Crippen LogP contribution in [0.15, 0.2) is 16.7 Å². The van der Waals surface area contributed by atoms with Crippen molar-refractivity contribution >= 4 is 0 Å². The number of furan rings is 1. The smallest absolute Gasteiger partial charge is 0.122 e. The van der Waals surface area contributed by atoms with Crippen molar-refractivity contribution in [2.75, 3.05) is 19.6 Å². The minimum Gasteiger partial charge on any atom is -0.468 e. The molecule has 2 fully saturated rings. The molecule has 0 atom stereocenters. The van der Waals surface area contributed by atoms with Crippen LogP contribution in [0.4, 0.5) is 0 Å². The molecule has 3 nitrogen and oxygen atoms in total. The van der Waals surface area contributed by atoms with E-state index in [9.17, 15) is 0 Å². The van der Waals surface area contributed by atoms with Gasteiger partial charge in [0.1, 0.15) is 5.76 Å². The van der Waals surface area contributed by atoms with Gasteiger partial charge in [0.2, 0.25) is 0 Å². The molecule has 21 heavy (non-hydrogen) atoms. The maximum atomic E-state index is 5.72. The number of nitrogens with zero attached hydrogens (tertiary/aromatic N) is 1. The van der Waals surface area contributed by atoms with Crippen LogP contribution in [0.25, 0.3) is 0 Å². The molecule has 1 aromatic heterocycles. The Bertz CT molecular complexity index is 424. The van der Waals surface area contributed by atoms with E-state index in [4.69, 9.17) is 4.42 Å². The normalized spacial score (nSPS) is 22.7. The van der Waals surface area contributed by atoms with E-state index in [2.05, 4.69) is 23.2 Å². The summed E-state index contributed by atoms with van der Waals surface area (Å²) in [6.45, 7) is 7.58. The average molecular weight is 290 g/mol. The molecule has 1 aromatic rings. The van der Waals surface area contributed by atoms with E-state index in [0.717, 1.165) is 25.4 Å². The molecule has 3 heteroatoms. The van der Waals surface area contributed by atoms with Gasteiger partial charge in [-0.2, -0.15) is 0 Å². The van der Waals surface area contributed by atoms with E-state index in [1.807, 2.05) is 6.26 Å². The van der Waals surface area contributed by atoms with Gasteiger partial charge in [-0.05, 0) is 56.8 Å². The van der Waals surface area contributed by atoms with Crippen LogP contribution < -0.4 is 5.32 Å². The number of piperidine rings is 1. The van der Waals surface area contributed by atoms with Gasteiger partial charge in [0, 0.05) is 12.1 Å². The van der Waals surface area contributed by atoms with Crippen LogP contribution in [-0.2, 0) is 13.1 Å². The highest BCUT2D eigenvalue weighted by atomic mass is 16.3. The van der Waals surface area contributed by atoms with Crippen molar-refractivity contribution in [3.05, 3.63) is 23.7 Å². The summed E-state index contributed by atoms with van der Waals surface area (Å²) in [7, 11) is 0. The summed E-state index contributed by atoms with van der Waals surface area (Å²) >= 11 is 0. The molecule has 1 spiro atoms. The van der Waals surface area contributed by atoms with Gasteiger partial charge in [0.25, 0.3) is 0 Å². The molecule has 0 unspecified atom stereocenters. The summed E-state index contributed by atoms with van der Waals surface area (Å²) < 4.78 is 5.72. The third-order valence-electron chi connectivity index (χ3n) is 5.60.